The van der Waals surface area contributed by atoms with Crippen molar-refractivity contribution >= 4 is 11.8 Å². The zero-order chi connectivity index (χ0) is 14.8. The molecule has 1 N–H and O–H groups in total. The fourth-order valence-electron chi connectivity index (χ4n) is 3.11. The lowest BCUT2D eigenvalue weighted by Gasteiger charge is -2.12. The van der Waals surface area contributed by atoms with E-state index in [0.717, 1.165) is 19.5 Å². The standard InChI is InChI=1S/C17H23N3S/c1-12-15(8-9-18-3)13(2)20(19-12)10-14-11-21-17-7-5-4-6-16(14)17/h4-7,14,18H,8-11H2,1-3H3. The smallest absolute Gasteiger partial charge is 0.0628 e. The van der Waals surface area contributed by atoms with Crippen molar-refractivity contribution in [2.24, 2.45) is 0 Å². The molecule has 3 nitrogen and oxygen atoms in total. The Labute approximate surface area is 131 Å². The Morgan fingerprint density at radius 3 is 2.95 bits per heavy atom. The Balaban J connectivity index is 1.80. The fraction of sp³-hybridized carbons (Fsp3) is 0.471. The highest BCUT2D eigenvalue weighted by Crippen LogP contribution is 2.40. The summed E-state index contributed by atoms with van der Waals surface area (Å²) in [5, 5.41) is 8.00. The molecule has 0 radical (unpaired) electrons. The van der Waals surface area contributed by atoms with E-state index in [4.69, 9.17) is 5.10 Å². The van der Waals surface area contributed by atoms with Crippen molar-refractivity contribution in [1.29, 1.82) is 0 Å². The molecule has 0 aliphatic carbocycles. The Hall–Kier alpha value is -1.26. The summed E-state index contributed by atoms with van der Waals surface area (Å²) in [6.07, 6.45) is 1.06. The summed E-state index contributed by atoms with van der Waals surface area (Å²) < 4.78 is 2.22. The van der Waals surface area contributed by atoms with Gasteiger partial charge in [0.05, 0.1) is 5.69 Å². The van der Waals surface area contributed by atoms with Crippen molar-refractivity contribution in [3.05, 3.63) is 46.8 Å². The molecule has 2 heterocycles. The molecule has 0 saturated carbocycles. The molecule has 3 rings (SSSR count). The van der Waals surface area contributed by atoms with Gasteiger partial charge in [0.1, 0.15) is 0 Å². The molecule has 21 heavy (non-hydrogen) atoms. The SMILES string of the molecule is CNCCc1c(C)nn(CC2CSc3ccccc32)c1C. The van der Waals surface area contributed by atoms with Gasteiger partial charge < -0.3 is 5.32 Å². The molecule has 0 spiro atoms. The number of benzene rings is 1. The van der Waals surface area contributed by atoms with Crippen molar-refractivity contribution in [3.63, 3.8) is 0 Å². The molecule has 1 aliphatic heterocycles. The van der Waals surface area contributed by atoms with Crippen LogP contribution in [0, 0.1) is 13.8 Å². The Morgan fingerprint density at radius 1 is 1.33 bits per heavy atom. The van der Waals surface area contributed by atoms with Gasteiger partial charge in [-0.1, -0.05) is 18.2 Å². The van der Waals surface area contributed by atoms with Crippen LogP contribution >= 0.6 is 11.8 Å². The first-order chi connectivity index (χ1) is 10.2. The van der Waals surface area contributed by atoms with Crippen LogP contribution in [-0.2, 0) is 13.0 Å². The number of hydrogen-bond acceptors (Lipinski definition) is 3. The van der Waals surface area contributed by atoms with Crippen LogP contribution in [0.1, 0.15) is 28.4 Å². The van der Waals surface area contributed by atoms with E-state index >= 15 is 0 Å². The van der Waals surface area contributed by atoms with Crippen LogP contribution in [0.4, 0.5) is 0 Å². The van der Waals surface area contributed by atoms with Gasteiger partial charge in [-0.05, 0) is 51.1 Å². The topological polar surface area (TPSA) is 29.9 Å². The molecule has 1 aromatic heterocycles. The molecule has 1 unspecified atom stereocenters. The van der Waals surface area contributed by atoms with Gasteiger partial charge in [-0.3, -0.25) is 4.68 Å². The van der Waals surface area contributed by atoms with Gasteiger partial charge in [0.2, 0.25) is 0 Å². The number of aromatic nitrogens is 2. The molecule has 112 valence electrons. The van der Waals surface area contributed by atoms with Crippen LogP contribution < -0.4 is 5.32 Å². The normalized spacial score (nSPS) is 17.2. The number of hydrogen-bond donors (Lipinski definition) is 1. The fourth-order valence-corrected chi connectivity index (χ4v) is 4.35. The molecular formula is C17H23N3S. The number of nitrogens with zero attached hydrogens (tertiary/aromatic N) is 2. The maximum Gasteiger partial charge on any atom is 0.0628 e. The molecular weight excluding hydrogens is 278 g/mol. The summed E-state index contributed by atoms with van der Waals surface area (Å²) in [6, 6.07) is 8.79. The van der Waals surface area contributed by atoms with Crippen molar-refractivity contribution < 1.29 is 0 Å². The third-order valence-electron chi connectivity index (χ3n) is 4.35. The molecule has 0 saturated heterocycles. The first-order valence-electron chi connectivity index (χ1n) is 7.60. The van der Waals surface area contributed by atoms with Gasteiger partial charge in [-0.25, -0.2) is 0 Å². The molecule has 0 fully saturated rings. The second-order valence-corrected chi connectivity index (χ2v) is 6.79. The van der Waals surface area contributed by atoms with Gasteiger partial charge in [0.25, 0.3) is 0 Å². The van der Waals surface area contributed by atoms with E-state index in [1.54, 1.807) is 0 Å². The lowest BCUT2D eigenvalue weighted by atomic mass is 10.0. The monoisotopic (exact) mass is 301 g/mol. The van der Waals surface area contributed by atoms with Gasteiger partial charge in [-0.2, -0.15) is 5.10 Å². The molecule has 1 aliphatic rings. The second kappa shape index (κ2) is 6.24. The summed E-state index contributed by atoms with van der Waals surface area (Å²) >= 11 is 1.97. The van der Waals surface area contributed by atoms with Gasteiger partial charge in [0, 0.05) is 28.8 Å². The van der Waals surface area contributed by atoms with E-state index in [1.165, 1.54) is 33.2 Å². The maximum atomic E-state index is 4.78. The minimum atomic E-state index is 0.585. The average molecular weight is 301 g/mol. The van der Waals surface area contributed by atoms with Crippen LogP contribution in [0.25, 0.3) is 0 Å². The number of likely N-dealkylation sites (N-methyl/N-ethyl adjacent to an activating group) is 1. The lowest BCUT2D eigenvalue weighted by Crippen LogP contribution is -2.13. The largest absolute Gasteiger partial charge is 0.319 e. The summed E-state index contributed by atoms with van der Waals surface area (Å²) in [5.41, 5.74) is 5.41. The van der Waals surface area contributed by atoms with Crippen molar-refractivity contribution in [2.45, 2.75) is 37.6 Å². The predicted octanol–water partition coefficient (Wildman–Crippen LogP) is 3.15. The van der Waals surface area contributed by atoms with E-state index in [0.29, 0.717) is 5.92 Å². The molecule has 1 aromatic carbocycles. The predicted molar refractivity (Wildman–Crippen MR) is 89.2 cm³/mol. The van der Waals surface area contributed by atoms with Crippen LogP contribution in [0.3, 0.4) is 0 Å². The highest BCUT2D eigenvalue weighted by Gasteiger charge is 2.24. The number of nitrogens with one attached hydrogen (secondary N) is 1. The number of thioether (sulfide) groups is 1. The summed E-state index contributed by atoms with van der Waals surface area (Å²) in [6.45, 7) is 6.34. The first kappa shape index (κ1) is 14.7. The lowest BCUT2D eigenvalue weighted by molar-refractivity contribution is 0.534. The van der Waals surface area contributed by atoms with E-state index in [1.807, 2.05) is 18.8 Å². The highest BCUT2D eigenvalue weighted by molar-refractivity contribution is 7.99. The van der Waals surface area contributed by atoms with E-state index in [-0.39, 0.29) is 0 Å². The minimum absolute atomic E-state index is 0.585. The van der Waals surface area contributed by atoms with Gasteiger partial charge in [0.15, 0.2) is 0 Å². The summed E-state index contributed by atoms with van der Waals surface area (Å²) in [7, 11) is 2.00. The summed E-state index contributed by atoms with van der Waals surface area (Å²) in [5.74, 6) is 1.75. The molecule has 0 amide bonds. The first-order valence-corrected chi connectivity index (χ1v) is 8.58. The quantitative estimate of drug-likeness (QED) is 0.920. The van der Waals surface area contributed by atoms with E-state index < -0.39 is 0 Å². The van der Waals surface area contributed by atoms with Crippen LogP contribution in [0.5, 0.6) is 0 Å². The van der Waals surface area contributed by atoms with Gasteiger partial charge in [-0.15, -0.1) is 11.8 Å². The number of fused-ring (bicyclic) bond motifs is 1. The zero-order valence-electron chi connectivity index (χ0n) is 13.0. The van der Waals surface area contributed by atoms with Crippen LogP contribution in [-0.4, -0.2) is 29.1 Å². The Kier molecular flexibility index (Phi) is 4.36. The third-order valence-corrected chi connectivity index (χ3v) is 5.60. The Morgan fingerprint density at radius 2 is 2.14 bits per heavy atom. The minimum Gasteiger partial charge on any atom is -0.319 e. The number of aryl methyl sites for hydroxylation is 1. The molecule has 2 aromatic rings. The van der Waals surface area contributed by atoms with E-state index in [9.17, 15) is 0 Å². The van der Waals surface area contributed by atoms with Gasteiger partial charge >= 0.3 is 0 Å². The highest BCUT2D eigenvalue weighted by atomic mass is 32.2. The molecule has 0 bridgehead atoms. The third kappa shape index (κ3) is 2.87. The van der Waals surface area contributed by atoms with Crippen molar-refractivity contribution in [2.75, 3.05) is 19.3 Å². The maximum absolute atomic E-state index is 4.78. The van der Waals surface area contributed by atoms with Crippen molar-refractivity contribution in [1.82, 2.24) is 15.1 Å². The zero-order valence-corrected chi connectivity index (χ0v) is 13.8. The van der Waals surface area contributed by atoms with Crippen LogP contribution in [0.2, 0.25) is 0 Å². The average Bonchev–Trinajstić information content (AvgIpc) is 3.01. The number of rotatable bonds is 5. The Bertz CT molecular complexity index is 633. The molecule has 1 atom stereocenters. The van der Waals surface area contributed by atoms with E-state index in [2.05, 4.69) is 48.1 Å². The van der Waals surface area contributed by atoms with Crippen molar-refractivity contribution in [3.8, 4) is 0 Å². The molecule has 4 heteroatoms. The van der Waals surface area contributed by atoms with Crippen LogP contribution in [0.15, 0.2) is 29.2 Å². The summed E-state index contributed by atoms with van der Waals surface area (Å²) in [4.78, 5) is 1.44. The second-order valence-electron chi connectivity index (χ2n) is 5.73.